The molecule has 0 aliphatic rings. The van der Waals surface area contributed by atoms with Crippen LogP contribution < -0.4 is 16.4 Å². The number of benzene rings is 2. The lowest BCUT2D eigenvalue weighted by Gasteiger charge is -2.12. The van der Waals surface area contributed by atoms with Crippen molar-refractivity contribution in [3.63, 3.8) is 0 Å². The molecule has 5 heteroatoms. The summed E-state index contributed by atoms with van der Waals surface area (Å²) in [5, 5.41) is 5.78. The number of aromatic nitrogens is 1. The summed E-state index contributed by atoms with van der Waals surface area (Å²) >= 11 is 0. The number of nitrogens with two attached hydrogens (primary N) is 1. The van der Waals surface area contributed by atoms with Gasteiger partial charge in [-0.05, 0) is 48.4 Å². The standard InChI is InChI=1S/C25H24N4O/c1-3-7-20(16-18(2)26)19-11-13-22(14-12-19)28-25(30)29-24-10-5-4-9-23(24)21-8-6-15-27-17-21/h3-17H,1,26H2,2H3,(H2,28,29,30)/b18-16-,20-7+. The van der Waals surface area contributed by atoms with Crippen LogP contribution in [0.1, 0.15) is 12.5 Å². The summed E-state index contributed by atoms with van der Waals surface area (Å²) in [6.07, 6.45) is 8.97. The first kappa shape index (κ1) is 20.6. The number of nitrogens with zero attached hydrogens (tertiary/aromatic N) is 1. The van der Waals surface area contributed by atoms with Crippen molar-refractivity contribution in [1.82, 2.24) is 4.98 Å². The summed E-state index contributed by atoms with van der Waals surface area (Å²) in [7, 11) is 0. The Morgan fingerprint density at radius 1 is 1.03 bits per heavy atom. The van der Waals surface area contributed by atoms with Gasteiger partial charge < -0.3 is 16.4 Å². The Bertz CT molecular complexity index is 1080. The highest BCUT2D eigenvalue weighted by Gasteiger charge is 2.09. The molecule has 150 valence electrons. The lowest BCUT2D eigenvalue weighted by Crippen LogP contribution is -2.19. The first-order valence-electron chi connectivity index (χ1n) is 9.51. The number of anilines is 2. The Morgan fingerprint density at radius 3 is 2.47 bits per heavy atom. The average molecular weight is 396 g/mol. The van der Waals surface area contributed by atoms with Gasteiger partial charge in [-0.2, -0.15) is 0 Å². The minimum absolute atomic E-state index is 0.321. The van der Waals surface area contributed by atoms with Crippen molar-refractivity contribution in [3.05, 3.63) is 109 Å². The van der Waals surface area contributed by atoms with Gasteiger partial charge in [-0.15, -0.1) is 0 Å². The SMILES string of the molecule is C=C/C=C(\C=C(\C)N)c1ccc(NC(=O)Nc2ccccc2-c2cccnc2)cc1. The summed E-state index contributed by atoms with van der Waals surface area (Å²) in [6.45, 7) is 5.58. The number of hydrogen-bond acceptors (Lipinski definition) is 3. The fourth-order valence-corrected chi connectivity index (χ4v) is 3.00. The first-order valence-corrected chi connectivity index (χ1v) is 9.51. The number of urea groups is 1. The molecule has 0 aliphatic carbocycles. The van der Waals surface area contributed by atoms with E-state index < -0.39 is 0 Å². The van der Waals surface area contributed by atoms with Crippen LogP contribution in [-0.4, -0.2) is 11.0 Å². The van der Waals surface area contributed by atoms with E-state index in [2.05, 4.69) is 22.2 Å². The van der Waals surface area contributed by atoms with Gasteiger partial charge in [-0.25, -0.2) is 4.79 Å². The first-order chi connectivity index (χ1) is 14.6. The normalized spacial score (nSPS) is 11.6. The third-order valence-electron chi connectivity index (χ3n) is 4.30. The van der Waals surface area contributed by atoms with Crippen molar-refractivity contribution in [1.29, 1.82) is 0 Å². The molecule has 3 rings (SSSR count). The fraction of sp³-hybridized carbons (Fsp3) is 0.0400. The van der Waals surface area contributed by atoms with Crippen LogP contribution >= 0.6 is 0 Å². The summed E-state index contributed by atoms with van der Waals surface area (Å²) in [5.41, 5.74) is 11.7. The topological polar surface area (TPSA) is 80.0 Å². The van der Waals surface area contributed by atoms with Crippen LogP contribution in [0.5, 0.6) is 0 Å². The van der Waals surface area contributed by atoms with E-state index in [0.29, 0.717) is 17.1 Å². The van der Waals surface area contributed by atoms with Crippen LogP contribution in [0.3, 0.4) is 0 Å². The van der Waals surface area contributed by atoms with Crippen molar-refractivity contribution in [2.45, 2.75) is 6.92 Å². The smallest absolute Gasteiger partial charge is 0.323 e. The second kappa shape index (κ2) is 9.89. The predicted molar refractivity (Wildman–Crippen MR) is 125 cm³/mol. The highest BCUT2D eigenvalue weighted by atomic mass is 16.2. The van der Waals surface area contributed by atoms with E-state index in [9.17, 15) is 4.79 Å². The summed E-state index contributed by atoms with van der Waals surface area (Å²) in [5.74, 6) is 0. The monoisotopic (exact) mass is 396 g/mol. The molecule has 0 fully saturated rings. The lowest BCUT2D eigenvalue weighted by atomic mass is 10.0. The average Bonchev–Trinajstić information content (AvgIpc) is 2.75. The van der Waals surface area contributed by atoms with Crippen LogP contribution in [-0.2, 0) is 0 Å². The summed E-state index contributed by atoms with van der Waals surface area (Å²) in [6, 6.07) is 18.7. The molecule has 3 aromatic rings. The molecule has 1 heterocycles. The molecule has 1 aromatic heterocycles. The van der Waals surface area contributed by atoms with Gasteiger partial charge in [0.1, 0.15) is 0 Å². The van der Waals surface area contributed by atoms with Crippen LogP contribution in [0.25, 0.3) is 16.7 Å². The quantitative estimate of drug-likeness (QED) is 0.459. The highest BCUT2D eigenvalue weighted by Crippen LogP contribution is 2.27. The molecule has 4 N–H and O–H groups in total. The fourth-order valence-electron chi connectivity index (χ4n) is 3.00. The van der Waals surface area contributed by atoms with E-state index in [1.807, 2.05) is 79.7 Å². The van der Waals surface area contributed by atoms with E-state index in [0.717, 1.165) is 22.3 Å². The van der Waals surface area contributed by atoms with Crippen molar-refractivity contribution in [2.24, 2.45) is 5.73 Å². The Kier molecular flexibility index (Phi) is 6.79. The molecule has 0 aliphatic heterocycles. The Labute approximate surface area is 176 Å². The molecule has 5 nitrogen and oxygen atoms in total. The maximum absolute atomic E-state index is 12.5. The molecule has 0 unspecified atom stereocenters. The van der Waals surface area contributed by atoms with Gasteiger partial charge in [-0.3, -0.25) is 4.98 Å². The molecule has 30 heavy (non-hydrogen) atoms. The molecular formula is C25H24N4O. The zero-order valence-electron chi connectivity index (χ0n) is 16.8. The number of hydrogen-bond donors (Lipinski definition) is 3. The van der Waals surface area contributed by atoms with E-state index in [1.54, 1.807) is 18.5 Å². The number of pyridine rings is 1. The Hall–Kier alpha value is -4.12. The zero-order valence-corrected chi connectivity index (χ0v) is 16.8. The number of nitrogens with one attached hydrogen (secondary N) is 2. The largest absolute Gasteiger partial charge is 0.402 e. The molecular weight excluding hydrogens is 372 g/mol. The van der Waals surface area contributed by atoms with Crippen molar-refractivity contribution >= 4 is 23.0 Å². The number of allylic oxidation sites excluding steroid dienone is 5. The molecule has 0 saturated carbocycles. The molecule has 0 spiro atoms. The Morgan fingerprint density at radius 2 is 1.80 bits per heavy atom. The lowest BCUT2D eigenvalue weighted by molar-refractivity contribution is 0.262. The van der Waals surface area contributed by atoms with Gasteiger partial charge in [0.15, 0.2) is 0 Å². The minimum Gasteiger partial charge on any atom is -0.402 e. The molecule has 0 atom stereocenters. The van der Waals surface area contributed by atoms with Crippen molar-refractivity contribution < 1.29 is 4.79 Å². The van der Waals surface area contributed by atoms with Gasteiger partial charge in [-0.1, -0.05) is 55.1 Å². The maximum Gasteiger partial charge on any atom is 0.323 e. The maximum atomic E-state index is 12.5. The van der Waals surface area contributed by atoms with Gasteiger partial charge in [0.2, 0.25) is 0 Å². The number of rotatable bonds is 6. The van der Waals surface area contributed by atoms with Crippen LogP contribution in [0.15, 0.2) is 104 Å². The zero-order chi connectivity index (χ0) is 21.3. The van der Waals surface area contributed by atoms with Crippen LogP contribution in [0.2, 0.25) is 0 Å². The summed E-state index contributed by atoms with van der Waals surface area (Å²) < 4.78 is 0. The molecule has 0 bridgehead atoms. The van der Waals surface area contributed by atoms with E-state index in [-0.39, 0.29) is 6.03 Å². The molecule has 2 aromatic carbocycles. The number of amides is 2. The van der Waals surface area contributed by atoms with Crippen molar-refractivity contribution in [2.75, 3.05) is 10.6 Å². The number of carbonyl (C=O) groups is 1. The van der Waals surface area contributed by atoms with Gasteiger partial charge in [0.25, 0.3) is 0 Å². The van der Waals surface area contributed by atoms with Gasteiger partial charge in [0, 0.05) is 34.9 Å². The van der Waals surface area contributed by atoms with Crippen molar-refractivity contribution in [3.8, 4) is 11.1 Å². The Balaban J connectivity index is 1.73. The third-order valence-corrected chi connectivity index (χ3v) is 4.30. The van der Waals surface area contributed by atoms with Crippen LogP contribution in [0.4, 0.5) is 16.2 Å². The second-order valence-electron chi connectivity index (χ2n) is 6.69. The highest BCUT2D eigenvalue weighted by molar-refractivity contribution is 6.02. The van der Waals surface area contributed by atoms with E-state index >= 15 is 0 Å². The predicted octanol–water partition coefficient (Wildman–Crippen LogP) is 5.82. The summed E-state index contributed by atoms with van der Waals surface area (Å²) in [4.78, 5) is 16.7. The third kappa shape index (κ3) is 5.45. The van der Waals surface area contributed by atoms with Gasteiger partial charge >= 0.3 is 6.03 Å². The van der Waals surface area contributed by atoms with Crippen LogP contribution in [0, 0.1) is 0 Å². The van der Waals surface area contributed by atoms with E-state index in [1.165, 1.54) is 0 Å². The molecule has 0 saturated heterocycles. The molecule has 2 amide bonds. The minimum atomic E-state index is -0.321. The molecule has 0 radical (unpaired) electrons. The number of carbonyl (C=O) groups excluding carboxylic acids is 1. The second-order valence-corrected chi connectivity index (χ2v) is 6.69. The van der Waals surface area contributed by atoms with Gasteiger partial charge in [0.05, 0.1) is 5.69 Å². The number of para-hydroxylation sites is 1. The van der Waals surface area contributed by atoms with E-state index in [4.69, 9.17) is 5.73 Å².